The summed E-state index contributed by atoms with van der Waals surface area (Å²) in [6.07, 6.45) is 0.152. The summed E-state index contributed by atoms with van der Waals surface area (Å²) in [5.41, 5.74) is 7.57. The molecule has 0 heterocycles. The van der Waals surface area contributed by atoms with E-state index in [1.165, 1.54) is 0 Å². The number of hydrogen-bond acceptors (Lipinski definition) is 5. The number of rotatable bonds is 7. The van der Waals surface area contributed by atoms with Crippen molar-refractivity contribution in [3.63, 3.8) is 0 Å². The first-order chi connectivity index (χ1) is 14.0. The number of nitrogens with one attached hydrogen (secondary N) is 2. The van der Waals surface area contributed by atoms with Gasteiger partial charge in [0.15, 0.2) is 6.10 Å². The lowest BCUT2D eigenvalue weighted by Crippen LogP contribution is -2.50. The molecule has 1 atom stereocenters. The largest absolute Gasteiger partial charge is 0.481 e. The minimum absolute atomic E-state index is 0.396. The number of carbonyl (C=O) groups excluding carboxylic acids is 2. The summed E-state index contributed by atoms with van der Waals surface area (Å²) in [6.45, 7) is 6.66. The minimum atomic E-state index is -3.70. The summed E-state index contributed by atoms with van der Waals surface area (Å²) in [4.78, 5) is 24.6. The Labute approximate surface area is 177 Å². The third-order valence-corrected chi connectivity index (χ3v) is 5.75. The number of para-hydroxylation sites is 1. The van der Waals surface area contributed by atoms with Gasteiger partial charge in [0.05, 0.1) is 11.9 Å². The highest BCUT2D eigenvalue weighted by Crippen LogP contribution is 2.22. The molecule has 2 rings (SSSR count). The fourth-order valence-electron chi connectivity index (χ4n) is 2.72. The second-order valence-electron chi connectivity index (χ2n) is 7.05. The van der Waals surface area contributed by atoms with Crippen molar-refractivity contribution in [3.8, 4) is 5.75 Å². The predicted octanol–water partition coefficient (Wildman–Crippen LogP) is 1.99. The van der Waals surface area contributed by atoms with Gasteiger partial charge in [-0.25, -0.2) is 8.42 Å². The van der Waals surface area contributed by atoms with Crippen molar-refractivity contribution in [2.75, 3.05) is 17.1 Å². The van der Waals surface area contributed by atoms with Crippen LogP contribution >= 0.6 is 0 Å². The number of benzene rings is 2. The van der Waals surface area contributed by atoms with E-state index in [0.717, 1.165) is 21.7 Å². The van der Waals surface area contributed by atoms with Gasteiger partial charge in [-0.05, 0) is 56.5 Å². The molecule has 0 aromatic heterocycles. The fraction of sp³-hybridized carbons (Fsp3) is 0.333. The zero-order chi connectivity index (χ0) is 22.5. The predicted molar refractivity (Wildman–Crippen MR) is 116 cm³/mol. The highest BCUT2D eigenvalue weighted by molar-refractivity contribution is 7.92. The van der Waals surface area contributed by atoms with Gasteiger partial charge in [0.2, 0.25) is 10.0 Å². The van der Waals surface area contributed by atoms with Crippen LogP contribution in [-0.2, 0) is 19.6 Å². The van der Waals surface area contributed by atoms with E-state index in [0.29, 0.717) is 17.0 Å². The molecule has 1 unspecified atom stereocenters. The smallest absolute Gasteiger partial charge is 0.279 e. The van der Waals surface area contributed by atoms with Gasteiger partial charge in [0, 0.05) is 0 Å². The molecular formula is C21H27N3O5S. The van der Waals surface area contributed by atoms with Crippen LogP contribution < -0.4 is 19.9 Å². The second-order valence-corrected chi connectivity index (χ2v) is 8.96. The molecule has 8 nitrogen and oxygen atoms in total. The van der Waals surface area contributed by atoms with Crippen LogP contribution in [-0.4, -0.2) is 39.1 Å². The van der Waals surface area contributed by atoms with E-state index in [2.05, 4.69) is 10.9 Å². The average molecular weight is 434 g/mol. The summed E-state index contributed by atoms with van der Waals surface area (Å²) in [6, 6.07) is 12.4. The summed E-state index contributed by atoms with van der Waals surface area (Å²) in [5, 5.41) is 0. The summed E-state index contributed by atoms with van der Waals surface area (Å²) < 4.78 is 31.0. The molecule has 0 fully saturated rings. The Kier molecular flexibility index (Phi) is 7.44. The van der Waals surface area contributed by atoms with Crippen molar-refractivity contribution < 1.29 is 22.7 Å². The number of anilines is 1. The van der Waals surface area contributed by atoms with Crippen molar-refractivity contribution >= 4 is 27.5 Å². The summed E-state index contributed by atoms with van der Waals surface area (Å²) in [5.74, 6) is -0.672. The zero-order valence-electron chi connectivity index (χ0n) is 17.7. The maximum Gasteiger partial charge on any atom is 0.279 e. The number of hydrogen-bond donors (Lipinski definition) is 2. The average Bonchev–Trinajstić information content (AvgIpc) is 2.67. The quantitative estimate of drug-likeness (QED) is 0.650. The molecule has 0 saturated carbocycles. The van der Waals surface area contributed by atoms with E-state index in [-0.39, 0.29) is 0 Å². The van der Waals surface area contributed by atoms with Crippen molar-refractivity contribution in [2.24, 2.45) is 0 Å². The Bertz CT molecular complexity index is 1040. The standard InChI is InChI=1S/C21H27N3O5S/c1-14-10-8-12-19(16(14)3)29-17(4)21(26)23-22-20(25)13-24(30(5,27)28)18-11-7-6-9-15(18)2/h6-12,17H,13H2,1-5H3,(H,22,25)(H,23,26). The van der Waals surface area contributed by atoms with E-state index in [1.54, 1.807) is 44.2 Å². The molecule has 0 radical (unpaired) electrons. The van der Waals surface area contributed by atoms with Gasteiger partial charge in [0.25, 0.3) is 11.8 Å². The Hall–Kier alpha value is -3.07. The number of amides is 2. The summed E-state index contributed by atoms with van der Waals surface area (Å²) >= 11 is 0. The monoisotopic (exact) mass is 433 g/mol. The molecule has 9 heteroatoms. The number of hydrazine groups is 1. The molecule has 0 saturated heterocycles. The van der Waals surface area contributed by atoms with Crippen molar-refractivity contribution in [3.05, 3.63) is 59.2 Å². The first-order valence-electron chi connectivity index (χ1n) is 9.35. The molecule has 0 spiro atoms. The molecule has 2 aromatic carbocycles. The SMILES string of the molecule is Cc1ccccc1N(CC(=O)NNC(=O)C(C)Oc1cccc(C)c1C)S(C)(=O)=O. The van der Waals surface area contributed by atoms with Crippen LogP contribution in [0.1, 0.15) is 23.6 Å². The van der Waals surface area contributed by atoms with Gasteiger partial charge in [-0.1, -0.05) is 30.3 Å². The van der Waals surface area contributed by atoms with E-state index >= 15 is 0 Å². The highest BCUT2D eigenvalue weighted by Gasteiger charge is 2.23. The van der Waals surface area contributed by atoms with Crippen LogP contribution in [0.4, 0.5) is 5.69 Å². The second kappa shape index (κ2) is 9.62. The van der Waals surface area contributed by atoms with E-state index < -0.39 is 34.5 Å². The number of ether oxygens (including phenoxy) is 1. The fourth-order valence-corrected chi connectivity index (χ4v) is 3.64. The third kappa shape index (κ3) is 5.96. The third-order valence-electron chi connectivity index (χ3n) is 4.62. The maximum absolute atomic E-state index is 12.3. The van der Waals surface area contributed by atoms with E-state index in [1.807, 2.05) is 26.0 Å². The Morgan fingerprint density at radius 3 is 2.27 bits per heavy atom. The Morgan fingerprint density at radius 2 is 1.63 bits per heavy atom. The zero-order valence-corrected chi connectivity index (χ0v) is 18.5. The Morgan fingerprint density at radius 1 is 1.00 bits per heavy atom. The maximum atomic E-state index is 12.3. The Balaban J connectivity index is 1.99. The number of aryl methyl sites for hydroxylation is 2. The molecule has 0 aliphatic heterocycles. The van der Waals surface area contributed by atoms with Gasteiger partial charge in [-0.2, -0.15) is 0 Å². The molecule has 2 N–H and O–H groups in total. The molecule has 2 aromatic rings. The molecule has 0 bridgehead atoms. The van der Waals surface area contributed by atoms with E-state index in [4.69, 9.17) is 4.74 Å². The molecule has 2 amide bonds. The normalized spacial score (nSPS) is 12.0. The van der Waals surface area contributed by atoms with Crippen LogP contribution in [0.2, 0.25) is 0 Å². The van der Waals surface area contributed by atoms with Crippen LogP contribution in [0.25, 0.3) is 0 Å². The van der Waals surface area contributed by atoms with Gasteiger partial charge in [0.1, 0.15) is 12.3 Å². The first kappa shape index (κ1) is 23.2. The molecular weight excluding hydrogens is 406 g/mol. The van der Waals surface area contributed by atoms with Gasteiger partial charge < -0.3 is 4.74 Å². The van der Waals surface area contributed by atoms with Crippen LogP contribution in [0.15, 0.2) is 42.5 Å². The van der Waals surface area contributed by atoms with Crippen LogP contribution in [0.5, 0.6) is 5.75 Å². The van der Waals surface area contributed by atoms with E-state index in [9.17, 15) is 18.0 Å². The number of sulfonamides is 1. The number of nitrogens with zero attached hydrogens (tertiary/aromatic N) is 1. The molecule has 30 heavy (non-hydrogen) atoms. The summed E-state index contributed by atoms with van der Waals surface area (Å²) in [7, 11) is -3.70. The van der Waals surface area contributed by atoms with Gasteiger partial charge in [-0.3, -0.25) is 24.7 Å². The lowest BCUT2D eigenvalue weighted by molar-refractivity contribution is -0.132. The van der Waals surface area contributed by atoms with Gasteiger partial charge >= 0.3 is 0 Å². The number of carbonyl (C=O) groups is 2. The van der Waals surface area contributed by atoms with Crippen molar-refractivity contribution in [1.82, 2.24) is 10.9 Å². The lowest BCUT2D eigenvalue weighted by Gasteiger charge is -2.24. The van der Waals surface area contributed by atoms with Crippen molar-refractivity contribution in [1.29, 1.82) is 0 Å². The van der Waals surface area contributed by atoms with Crippen LogP contribution in [0, 0.1) is 20.8 Å². The minimum Gasteiger partial charge on any atom is -0.481 e. The topological polar surface area (TPSA) is 105 Å². The first-order valence-corrected chi connectivity index (χ1v) is 11.2. The highest BCUT2D eigenvalue weighted by atomic mass is 32.2. The van der Waals surface area contributed by atoms with Gasteiger partial charge in [-0.15, -0.1) is 0 Å². The van der Waals surface area contributed by atoms with Crippen LogP contribution in [0.3, 0.4) is 0 Å². The molecule has 0 aliphatic carbocycles. The lowest BCUT2D eigenvalue weighted by atomic mass is 10.1. The molecule has 162 valence electrons. The van der Waals surface area contributed by atoms with Crippen molar-refractivity contribution in [2.45, 2.75) is 33.8 Å². The molecule has 0 aliphatic rings.